The highest BCUT2D eigenvalue weighted by Crippen LogP contribution is 2.19. The number of nitrogen functional groups attached to an aromatic ring is 1. The number of carbonyl (C=O) groups excluding carboxylic acids is 1. The van der Waals surface area contributed by atoms with Crippen LogP contribution < -0.4 is 16.7 Å². The molecule has 0 aliphatic carbocycles. The first-order chi connectivity index (χ1) is 9.56. The normalized spacial score (nSPS) is 10.2. The van der Waals surface area contributed by atoms with Gasteiger partial charge >= 0.3 is 5.69 Å². The fraction of sp³-hybridized carbons (Fsp3) is 0.154. The van der Waals surface area contributed by atoms with Gasteiger partial charge in [-0.25, -0.2) is 14.2 Å². The maximum atomic E-state index is 12.9. The number of hydrogen-bond acceptors (Lipinski definition) is 4. The maximum absolute atomic E-state index is 12.9. The molecule has 20 heavy (non-hydrogen) atoms. The molecule has 1 aromatic heterocycles. The van der Waals surface area contributed by atoms with E-state index in [1.807, 2.05) is 0 Å². The summed E-state index contributed by atoms with van der Waals surface area (Å²) in [7, 11) is 0. The number of nitrogens with zero attached hydrogens (tertiary/aromatic N) is 2. The fourth-order valence-electron chi connectivity index (χ4n) is 1.64. The number of anilines is 2. The van der Waals surface area contributed by atoms with Crippen LogP contribution in [0.1, 0.15) is 6.42 Å². The van der Waals surface area contributed by atoms with Crippen LogP contribution in [0.15, 0.2) is 41.5 Å². The summed E-state index contributed by atoms with van der Waals surface area (Å²) in [6.45, 7) is 0.208. The third kappa shape index (κ3) is 3.41. The van der Waals surface area contributed by atoms with E-state index in [1.165, 1.54) is 22.9 Å². The van der Waals surface area contributed by atoms with Crippen LogP contribution in [0.2, 0.25) is 0 Å². The Morgan fingerprint density at radius 1 is 1.45 bits per heavy atom. The second-order valence-corrected chi connectivity index (χ2v) is 4.13. The van der Waals surface area contributed by atoms with E-state index in [0.29, 0.717) is 5.69 Å². The zero-order valence-corrected chi connectivity index (χ0v) is 10.5. The first-order valence-electron chi connectivity index (χ1n) is 5.92. The number of nitrogens with two attached hydrogens (primary N) is 1. The Labute approximate surface area is 114 Å². The second-order valence-electron chi connectivity index (χ2n) is 4.13. The Morgan fingerprint density at radius 3 is 2.95 bits per heavy atom. The molecule has 2 aromatic rings. The Balaban J connectivity index is 1.96. The van der Waals surface area contributed by atoms with Gasteiger partial charge in [-0.3, -0.25) is 9.36 Å². The van der Waals surface area contributed by atoms with Crippen LogP contribution in [-0.4, -0.2) is 15.5 Å². The van der Waals surface area contributed by atoms with Crippen LogP contribution in [0, 0.1) is 5.82 Å². The van der Waals surface area contributed by atoms with E-state index in [2.05, 4.69) is 10.3 Å². The highest BCUT2D eigenvalue weighted by atomic mass is 19.1. The summed E-state index contributed by atoms with van der Waals surface area (Å²) in [4.78, 5) is 26.7. The molecule has 0 saturated carbocycles. The lowest BCUT2D eigenvalue weighted by molar-refractivity contribution is -0.116. The quantitative estimate of drug-likeness (QED) is 0.815. The first-order valence-corrected chi connectivity index (χ1v) is 5.92. The molecule has 1 aromatic carbocycles. The van der Waals surface area contributed by atoms with Crippen molar-refractivity contribution >= 4 is 17.3 Å². The topological polar surface area (TPSA) is 90.0 Å². The summed E-state index contributed by atoms with van der Waals surface area (Å²) >= 11 is 0. The lowest BCUT2D eigenvalue weighted by Crippen LogP contribution is -2.24. The molecule has 0 aliphatic heterocycles. The number of carbonyl (C=O) groups is 1. The van der Waals surface area contributed by atoms with Crippen LogP contribution >= 0.6 is 0 Å². The van der Waals surface area contributed by atoms with Gasteiger partial charge in [0.15, 0.2) is 0 Å². The molecule has 0 aliphatic rings. The zero-order chi connectivity index (χ0) is 14.5. The maximum Gasteiger partial charge on any atom is 0.347 e. The monoisotopic (exact) mass is 276 g/mol. The van der Waals surface area contributed by atoms with Crippen molar-refractivity contribution in [2.24, 2.45) is 0 Å². The molecular weight excluding hydrogens is 263 g/mol. The highest BCUT2D eigenvalue weighted by Gasteiger charge is 2.07. The average Bonchev–Trinajstić information content (AvgIpc) is 2.41. The number of amides is 1. The van der Waals surface area contributed by atoms with Crippen molar-refractivity contribution in [1.82, 2.24) is 9.55 Å². The van der Waals surface area contributed by atoms with E-state index >= 15 is 0 Å². The van der Waals surface area contributed by atoms with Gasteiger partial charge in [0.2, 0.25) is 5.91 Å². The van der Waals surface area contributed by atoms with Crippen LogP contribution in [0.3, 0.4) is 0 Å². The standard InChI is InChI=1S/C13H13FN4O2/c14-9-2-3-11(10(15)8-9)17-12(19)4-7-18-6-1-5-16-13(18)20/h1-3,5-6,8H,4,7,15H2,(H,17,19). The summed E-state index contributed by atoms with van der Waals surface area (Å²) < 4.78 is 14.2. The Bertz CT molecular complexity index is 684. The van der Waals surface area contributed by atoms with Crippen LogP contribution in [0.4, 0.5) is 15.8 Å². The molecule has 0 radical (unpaired) electrons. The van der Waals surface area contributed by atoms with Gasteiger partial charge < -0.3 is 11.1 Å². The third-order valence-corrected chi connectivity index (χ3v) is 2.65. The van der Waals surface area contributed by atoms with E-state index in [1.54, 1.807) is 12.3 Å². The van der Waals surface area contributed by atoms with Crippen LogP contribution in [0.25, 0.3) is 0 Å². The van der Waals surface area contributed by atoms with Crippen molar-refractivity contribution in [3.63, 3.8) is 0 Å². The lowest BCUT2D eigenvalue weighted by atomic mass is 10.2. The third-order valence-electron chi connectivity index (χ3n) is 2.65. The molecule has 7 heteroatoms. The van der Waals surface area contributed by atoms with Crippen LogP contribution in [-0.2, 0) is 11.3 Å². The van der Waals surface area contributed by atoms with Crippen molar-refractivity contribution in [2.75, 3.05) is 11.1 Å². The molecule has 3 N–H and O–H groups in total. The minimum absolute atomic E-state index is 0.0857. The molecule has 0 bridgehead atoms. The Hall–Kier alpha value is -2.70. The number of benzene rings is 1. The number of aryl methyl sites for hydroxylation is 1. The van der Waals surface area contributed by atoms with Gasteiger partial charge in [-0.2, -0.15) is 0 Å². The van der Waals surface area contributed by atoms with Gasteiger partial charge in [-0.05, 0) is 24.3 Å². The van der Waals surface area contributed by atoms with Crippen LogP contribution in [0.5, 0.6) is 0 Å². The number of nitrogens with one attached hydrogen (secondary N) is 1. The summed E-state index contributed by atoms with van der Waals surface area (Å²) in [5.41, 5.74) is 5.66. The first kappa shape index (κ1) is 13.7. The summed E-state index contributed by atoms with van der Waals surface area (Å²) in [5.74, 6) is -0.790. The number of rotatable bonds is 4. The molecule has 2 rings (SSSR count). The van der Waals surface area contributed by atoms with Gasteiger partial charge in [0, 0.05) is 25.4 Å². The van der Waals surface area contributed by atoms with Crippen molar-refractivity contribution in [3.8, 4) is 0 Å². The Kier molecular flexibility index (Phi) is 4.09. The molecule has 0 fully saturated rings. The van der Waals surface area contributed by atoms with Crippen molar-refractivity contribution < 1.29 is 9.18 Å². The summed E-state index contributed by atoms with van der Waals surface area (Å²) in [5, 5.41) is 2.56. The predicted molar refractivity (Wildman–Crippen MR) is 72.6 cm³/mol. The smallest absolute Gasteiger partial charge is 0.347 e. The lowest BCUT2D eigenvalue weighted by Gasteiger charge is -2.08. The van der Waals surface area contributed by atoms with E-state index in [0.717, 1.165) is 6.07 Å². The van der Waals surface area contributed by atoms with Gasteiger partial charge in [0.1, 0.15) is 5.82 Å². The van der Waals surface area contributed by atoms with E-state index < -0.39 is 11.5 Å². The van der Waals surface area contributed by atoms with E-state index in [9.17, 15) is 14.0 Å². The molecule has 0 atom stereocenters. The highest BCUT2D eigenvalue weighted by molar-refractivity contribution is 5.93. The number of hydrogen-bond donors (Lipinski definition) is 2. The van der Waals surface area contributed by atoms with E-state index in [4.69, 9.17) is 5.73 Å². The predicted octanol–water partition coefficient (Wildman–Crippen LogP) is 0.993. The minimum atomic E-state index is -0.470. The van der Waals surface area contributed by atoms with Crippen molar-refractivity contribution in [2.45, 2.75) is 13.0 Å². The molecule has 0 unspecified atom stereocenters. The van der Waals surface area contributed by atoms with Crippen molar-refractivity contribution in [1.29, 1.82) is 0 Å². The number of halogens is 1. The zero-order valence-electron chi connectivity index (χ0n) is 10.5. The molecule has 1 heterocycles. The molecular formula is C13H13FN4O2. The van der Waals surface area contributed by atoms with Gasteiger partial charge in [-0.15, -0.1) is 0 Å². The second kappa shape index (κ2) is 5.96. The van der Waals surface area contributed by atoms with E-state index in [-0.39, 0.29) is 24.6 Å². The fourth-order valence-corrected chi connectivity index (χ4v) is 1.64. The van der Waals surface area contributed by atoms with Gasteiger partial charge in [0.05, 0.1) is 11.4 Å². The minimum Gasteiger partial charge on any atom is -0.397 e. The Morgan fingerprint density at radius 2 is 2.25 bits per heavy atom. The van der Waals surface area contributed by atoms with Gasteiger partial charge in [0.25, 0.3) is 0 Å². The molecule has 104 valence electrons. The summed E-state index contributed by atoms with van der Waals surface area (Å²) in [6.07, 6.45) is 3.02. The summed E-state index contributed by atoms with van der Waals surface area (Å²) in [6, 6.07) is 5.33. The average molecular weight is 276 g/mol. The van der Waals surface area contributed by atoms with Gasteiger partial charge in [-0.1, -0.05) is 0 Å². The largest absolute Gasteiger partial charge is 0.397 e. The SMILES string of the molecule is Nc1cc(F)ccc1NC(=O)CCn1cccnc1=O. The molecule has 0 spiro atoms. The molecule has 1 amide bonds. The molecule has 0 saturated heterocycles. The number of aromatic nitrogens is 2. The molecule has 6 nitrogen and oxygen atoms in total. The van der Waals surface area contributed by atoms with Crippen molar-refractivity contribution in [3.05, 3.63) is 53.0 Å².